The van der Waals surface area contributed by atoms with Crippen LogP contribution >= 0.6 is 0 Å². The molecular weight excluding hydrogens is 225 g/mol. The molecule has 90 valence electrons. The second kappa shape index (κ2) is 4.97. The second-order valence-electron chi connectivity index (χ2n) is 3.06. The van der Waals surface area contributed by atoms with Gasteiger partial charge in [0.25, 0.3) is 0 Å². The minimum atomic E-state index is -4.38. The van der Waals surface area contributed by atoms with E-state index in [-0.39, 0.29) is 18.1 Å². The molecule has 5 nitrogen and oxygen atoms in total. The highest BCUT2D eigenvalue weighted by Crippen LogP contribution is 2.23. The van der Waals surface area contributed by atoms with E-state index in [1.165, 1.54) is 6.20 Å². The van der Waals surface area contributed by atoms with Gasteiger partial charge in [-0.3, -0.25) is 0 Å². The Kier molecular flexibility index (Phi) is 3.88. The molecule has 0 spiro atoms. The minimum absolute atomic E-state index is 0.0265. The molecule has 0 amide bonds. The van der Waals surface area contributed by atoms with E-state index in [4.69, 9.17) is 10.8 Å². The van der Waals surface area contributed by atoms with Crippen molar-refractivity contribution in [2.75, 3.05) is 30.3 Å². The van der Waals surface area contributed by atoms with Crippen molar-refractivity contribution in [1.29, 1.82) is 0 Å². The minimum Gasteiger partial charge on any atom is -0.395 e. The Bertz CT molecular complexity index is 344. The van der Waals surface area contributed by atoms with Gasteiger partial charge >= 0.3 is 6.18 Å². The van der Waals surface area contributed by atoms with Crippen LogP contribution in [0.2, 0.25) is 0 Å². The third-order valence-corrected chi connectivity index (χ3v) is 1.76. The Labute approximate surface area is 89.7 Å². The standard InChI is InChI=1S/C8H11F3N4O/c9-8(10,11)4-15(1-2-16)7-6(12)3-13-5-14-7/h3,5,16H,1-2,4,12H2. The van der Waals surface area contributed by atoms with Crippen molar-refractivity contribution in [1.82, 2.24) is 9.97 Å². The monoisotopic (exact) mass is 236 g/mol. The summed E-state index contributed by atoms with van der Waals surface area (Å²) in [4.78, 5) is 8.10. The lowest BCUT2D eigenvalue weighted by molar-refractivity contribution is -0.119. The molecule has 1 heterocycles. The van der Waals surface area contributed by atoms with E-state index in [0.29, 0.717) is 0 Å². The average Bonchev–Trinajstić information content (AvgIpc) is 2.16. The van der Waals surface area contributed by atoms with Gasteiger partial charge in [-0.25, -0.2) is 9.97 Å². The average molecular weight is 236 g/mol. The Balaban J connectivity index is 2.89. The third kappa shape index (κ3) is 3.54. The first kappa shape index (κ1) is 12.5. The maximum Gasteiger partial charge on any atom is 0.405 e. The fourth-order valence-electron chi connectivity index (χ4n) is 1.20. The van der Waals surface area contributed by atoms with Gasteiger partial charge in [0.05, 0.1) is 18.5 Å². The Hall–Kier alpha value is -1.57. The lowest BCUT2D eigenvalue weighted by atomic mass is 10.4. The largest absolute Gasteiger partial charge is 0.405 e. The van der Waals surface area contributed by atoms with Crippen LogP contribution in [0.4, 0.5) is 24.7 Å². The van der Waals surface area contributed by atoms with Crippen LogP contribution in [-0.2, 0) is 0 Å². The normalized spacial score (nSPS) is 11.5. The first-order valence-corrected chi connectivity index (χ1v) is 4.42. The number of alkyl halides is 3. The molecule has 0 aliphatic rings. The van der Waals surface area contributed by atoms with Crippen LogP contribution in [0, 0.1) is 0 Å². The van der Waals surface area contributed by atoms with Crippen molar-refractivity contribution >= 4 is 11.5 Å². The predicted molar refractivity (Wildman–Crippen MR) is 51.8 cm³/mol. The van der Waals surface area contributed by atoms with E-state index in [1.807, 2.05) is 0 Å². The molecule has 0 aromatic carbocycles. The molecule has 1 aromatic rings. The summed E-state index contributed by atoms with van der Waals surface area (Å²) in [7, 11) is 0. The van der Waals surface area contributed by atoms with Crippen molar-refractivity contribution in [2.45, 2.75) is 6.18 Å². The van der Waals surface area contributed by atoms with E-state index in [1.54, 1.807) is 0 Å². The first-order valence-electron chi connectivity index (χ1n) is 4.42. The number of halogens is 3. The summed E-state index contributed by atoms with van der Waals surface area (Å²) in [6.45, 7) is -1.82. The van der Waals surface area contributed by atoms with E-state index in [2.05, 4.69) is 9.97 Å². The topological polar surface area (TPSA) is 75.3 Å². The number of hydrogen-bond acceptors (Lipinski definition) is 5. The molecule has 0 aliphatic heterocycles. The van der Waals surface area contributed by atoms with Crippen LogP contribution in [0.25, 0.3) is 0 Å². The molecule has 1 rings (SSSR count). The zero-order valence-electron chi connectivity index (χ0n) is 8.28. The Morgan fingerprint density at radius 1 is 1.44 bits per heavy atom. The summed E-state index contributed by atoms with van der Waals surface area (Å²) in [5, 5.41) is 8.69. The van der Waals surface area contributed by atoms with Crippen molar-refractivity contribution in [2.24, 2.45) is 0 Å². The maximum atomic E-state index is 12.2. The van der Waals surface area contributed by atoms with E-state index in [9.17, 15) is 13.2 Å². The quantitative estimate of drug-likeness (QED) is 0.792. The van der Waals surface area contributed by atoms with Crippen molar-refractivity contribution in [3.05, 3.63) is 12.5 Å². The Morgan fingerprint density at radius 3 is 2.62 bits per heavy atom. The van der Waals surface area contributed by atoms with Crippen LogP contribution in [0.3, 0.4) is 0 Å². The molecule has 16 heavy (non-hydrogen) atoms. The smallest absolute Gasteiger partial charge is 0.395 e. The highest BCUT2D eigenvalue weighted by molar-refractivity contribution is 5.60. The maximum absolute atomic E-state index is 12.2. The molecule has 0 bridgehead atoms. The number of hydrogen-bond donors (Lipinski definition) is 2. The Morgan fingerprint density at radius 2 is 2.12 bits per heavy atom. The zero-order valence-corrected chi connectivity index (χ0v) is 8.28. The van der Waals surface area contributed by atoms with Crippen LogP contribution in [0.5, 0.6) is 0 Å². The summed E-state index contributed by atoms with van der Waals surface area (Å²) in [6, 6.07) is 0. The van der Waals surface area contributed by atoms with Gasteiger partial charge in [0.15, 0.2) is 5.82 Å². The van der Waals surface area contributed by atoms with Gasteiger partial charge in [0, 0.05) is 6.54 Å². The summed E-state index contributed by atoms with van der Waals surface area (Å²) >= 11 is 0. The van der Waals surface area contributed by atoms with Crippen molar-refractivity contribution < 1.29 is 18.3 Å². The number of aliphatic hydroxyl groups is 1. The third-order valence-electron chi connectivity index (χ3n) is 1.76. The number of nitrogens with two attached hydrogens (primary N) is 1. The van der Waals surface area contributed by atoms with E-state index >= 15 is 0 Å². The highest BCUT2D eigenvalue weighted by Gasteiger charge is 2.31. The molecule has 0 saturated carbocycles. The number of aromatic nitrogens is 2. The number of aliphatic hydroxyl groups excluding tert-OH is 1. The summed E-state index contributed by atoms with van der Waals surface area (Å²) in [5.74, 6) is -0.0265. The van der Waals surface area contributed by atoms with Gasteiger partial charge in [-0.2, -0.15) is 13.2 Å². The van der Waals surface area contributed by atoms with Gasteiger partial charge in [-0.05, 0) is 0 Å². The van der Waals surface area contributed by atoms with Crippen LogP contribution in [-0.4, -0.2) is 40.9 Å². The molecule has 0 atom stereocenters. The van der Waals surface area contributed by atoms with Crippen LogP contribution in [0.1, 0.15) is 0 Å². The molecule has 0 radical (unpaired) electrons. The van der Waals surface area contributed by atoms with Gasteiger partial charge in [-0.15, -0.1) is 0 Å². The fraction of sp³-hybridized carbons (Fsp3) is 0.500. The fourth-order valence-corrected chi connectivity index (χ4v) is 1.20. The molecule has 0 fully saturated rings. The number of rotatable bonds is 4. The molecular formula is C8H11F3N4O. The summed E-state index contributed by atoms with van der Waals surface area (Å²) in [5.41, 5.74) is 5.50. The molecule has 8 heteroatoms. The van der Waals surface area contributed by atoms with E-state index in [0.717, 1.165) is 11.2 Å². The SMILES string of the molecule is Nc1cncnc1N(CCO)CC(F)(F)F. The summed E-state index contributed by atoms with van der Waals surface area (Å²) < 4.78 is 36.7. The van der Waals surface area contributed by atoms with Gasteiger partial charge < -0.3 is 15.7 Å². The van der Waals surface area contributed by atoms with Gasteiger partial charge in [-0.1, -0.05) is 0 Å². The number of anilines is 2. The molecule has 0 aliphatic carbocycles. The lowest BCUT2D eigenvalue weighted by Crippen LogP contribution is -2.37. The zero-order chi connectivity index (χ0) is 12.2. The first-order chi connectivity index (χ1) is 7.44. The van der Waals surface area contributed by atoms with Crippen molar-refractivity contribution in [3.63, 3.8) is 0 Å². The molecule has 0 saturated heterocycles. The van der Waals surface area contributed by atoms with E-state index < -0.39 is 19.3 Å². The molecule has 3 N–H and O–H groups in total. The van der Waals surface area contributed by atoms with Crippen LogP contribution < -0.4 is 10.6 Å². The van der Waals surface area contributed by atoms with Crippen molar-refractivity contribution in [3.8, 4) is 0 Å². The molecule has 0 unspecified atom stereocenters. The summed E-state index contributed by atoms with van der Waals surface area (Å²) in [6.07, 6.45) is -2.07. The number of nitrogen functional groups attached to an aromatic ring is 1. The second-order valence-corrected chi connectivity index (χ2v) is 3.06. The predicted octanol–water partition coefficient (Wildman–Crippen LogP) is 0.420. The number of nitrogens with zero attached hydrogens (tertiary/aromatic N) is 3. The lowest BCUT2D eigenvalue weighted by Gasteiger charge is -2.24. The van der Waals surface area contributed by atoms with Gasteiger partial charge in [0.1, 0.15) is 12.9 Å². The molecule has 1 aromatic heterocycles. The van der Waals surface area contributed by atoms with Gasteiger partial charge in [0.2, 0.25) is 0 Å². The van der Waals surface area contributed by atoms with Crippen LogP contribution in [0.15, 0.2) is 12.5 Å². The highest BCUT2D eigenvalue weighted by atomic mass is 19.4.